The minimum absolute atomic E-state index is 0.131. The minimum atomic E-state index is -5.01. The van der Waals surface area contributed by atoms with E-state index >= 15 is 0 Å². The lowest BCUT2D eigenvalue weighted by molar-refractivity contribution is -0.171. The number of amides is 1. The molecule has 0 aliphatic carbocycles. The van der Waals surface area contributed by atoms with Crippen molar-refractivity contribution in [2.75, 3.05) is 5.32 Å². The van der Waals surface area contributed by atoms with E-state index in [-0.39, 0.29) is 5.82 Å². The van der Waals surface area contributed by atoms with Gasteiger partial charge in [-0.05, 0) is 11.4 Å². The zero-order valence-corrected chi connectivity index (χ0v) is 10.6. The van der Waals surface area contributed by atoms with Gasteiger partial charge in [0.1, 0.15) is 5.82 Å². The van der Waals surface area contributed by atoms with Gasteiger partial charge in [0.05, 0.1) is 12.1 Å². The summed E-state index contributed by atoms with van der Waals surface area (Å²) in [6.45, 7) is 0. The van der Waals surface area contributed by atoms with Gasteiger partial charge < -0.3 is 5.32 Å². The highest BCUT2D eigenvalue weighted by atomic mass is 32.1. The summed E-state index contributed by atoms with van der Waals surface area (Å²) in [6.07, 6.45) is -6.26. The van der Waals surface area contributed by atoms with Gasteiger partial charge in [0.25, 0.3) is 0 Å². The molecule has 2 rings (SSSR count). The Hall–Kier alpha value is -2.16. The van der Waals surface area contributed by atoms with Crippen LogP contribution in [-0.4, -0.2) is 28.1 Å². The van der Waals surface area contributed by atoms with E-state index in [0.29, 0.717) is 5.69 Å². The second-order valence-electron chi connectivity index (χ2n) is 3.82. The molecule has 0 atom stereocenters. The van der Waals surface area contributed by atoms with Crippen LogP contribution >= 0.6 is 11.3 Å². The predicted molar refractivity (Wildman–Crippen MR) is 66.2 cm³/mol. The van der Waals surface area contributed by atoms with Crippen LogP contribution in [0.3, 0.4) is 0 Å². The van der Waals surface area contributed by atoms with Gasteiger partial charge in [-0.2, -0.15) is 29.6 Å². The van der Waals surface area contributed by atoms with Crippen LogP contribution in [0.1, 0.15) is 6.42 Å². The maximum Gasteiger partial charge on any atom is 0.450 e. The number of rotatable bonds is 4. The number of nitrogens with zero attached hydrogens (tertiary/aromatic N) is 1. The number of aromatic amines is 1. The van der Waals surface area contributed by atoms with Gasteiger partial charge >= 0.3 is 6.18 Å². The molecule has 0 aliphatic rings. The van der Waals surface area contributed by atoms with Crippen molar-refractivity contribution in [3.8, 4) is 11.3 Å². The minimum Gasteiger partial charge on any atom is -0.311 e. The Morgan fingerprint density at radius 1 is 1.40 bits per heavy atom. The third-order valence-electron chi connectivity index (χ3n) is 2.31. The summed E-state index contributed by atoms with van der Waals surface area (Å²) in [5, 5.41) is 12.2. The Bertz CT molecular complexity index is 619. The topological polar surface area (TPSA) is 74.8 Å². The Morgan fingerprint density at radius 2 is 2.15 bits per heavy atom. The second-order valence-corrected chi connectivity index (χ2v) is 4.60. The maximum absolute atomic E-state index is 12.0. The third kappa shape index (κ3) is 3.44. The fourth-order valence-electron chi connectivity index (χ4n) is 1.38. The number of hydrogen-bond donors (Lipinski definition) is 2. The van der Waals surface area contributed by atoms with Crippen molar-refractivity contribution < 1.29 is 22.8 Å². The van der Waals surface area contributed by atoms with Crippen LogP contribution in [0.15, 0.2) is 22.9 Å². The Morgan fingerprint density at radius 3 is 2.75 bits per heavy atom. The molecule has 0 saturated heterocycles. The van der Waals surface area contributed by atoms with E-state index in [4.69, 9.17) is 0 Å². The molecular weight excluding hydrogens is 295 g/mol. The predicted octanol–water partition coefficient (Wildman–Crippen LogP) is 2.60. The van der Waals surface area contributed by atoms with E-state index < -0.39 is 24.3 Å². The number of thiophene rings is 1. The molecule has 0 radical (unpaired) electrons. The van der Waals surface area contributed by atoms with Gasteiger partial charge in [0.2, 0.25) is 11.7 Å². The second kappa shape index (κ2) is 5.45. The van der Waals surface area contributed by atoms with Crippen LogP contribution in [0, 0.1) is 0 Å². The largest absolute Gasteiger partial charge is 0.450 e. The first-order valence-corrected chi connectivity index (χ1v) is 6.28. The smallest absolute Gasteiger partial charge is 0.311 e. The van der Waals surface area contributed by atoms with Gasteiger partial charge in [0.15, 0.2) is 0 Å². The molecule has 2 heterocycles. The fourth-order valence-corrected chi connectivity index (χ4v) is 2.03. The molecule has 2 aromatic rings. The van der Waals surface area contributed by atoms with Crippen LogP contribution in [0.25, 0.3) is 11.3 Å². The summed E-state index contributed by atoms with van der Waals surface area (Å²) >= 11 is 1.46. The van der Waals surface area contributed by atoms with Gasteiger partial charge in [-0.25, -0.2) is 0 Å². The number of nitrogens with one attached hydrogen (secondary N) is 2. The molecule has 0 unspecified atom stereocenters. The molecule has 0 fully saturated rings. The zero-order chi connectivity index (χ0) is 14.8. The van der Waals surface area contributed by atoms with E-state index in [1.165, 1.54) is 17.4 Å². The van der Waals surface area contributed by atoms with E-state index in [0.717, 1.165) is 5.56 Å². The lowest BCUT2D eigenvalue weighted by Gasteiger charge is -2.04. The molecule has 0 aromatic carbocycles. The van der Waals surface area contributed by atoms with Crippen molar-refractivity contribution in [2.24, 2.45) is 0 Å². The number of aromatic nitrogens is 2. The highest BCUT2D eigenvalue weighted by Crippen LogP contribution is 2.22. The molecule has 0 aliphatic heterocycles. The molecule has 2 aromatic heterocycles. The normalized spacial score (nSPS) is 11.3. The number of H-pyrrole nitrogens is 1. The van der Waals surface area contributed by atoms with Crippen LogP contribution < -0.4 is 5.32 Å². The van der Waals surface area contributed by atoms with Crippen LogP contribution in [-0.2, 0) is 9.59 Å². The highest BCUT2D eigenvalue weighted by molar-refractivity contribution is 7.08. The molecule has 1 amide bonds. The van der Waals surface area contributed by atoms with Gasteiger partial charge in [0, 0.05) is 17.0 Å². The molecule has 106 valence electrons. The molecule has 9 heteroatoms. The molecule has 0 spiro atoms. The van der Waals surface area contributed by atoms with Crippen molar-refractivity contribution in [2.45, 2.75) is 12.6 Å². The summed E-state index contributed by atoms with van der Waals surface area (Å²) in [5.74, 6) is -3.01. The number of Topliss-reactive ketones (excluding diaryl/α,β-unsaturated/α-hetero) is 1. The van der Waals surface area contributed by atoms with Gasteiger partial charge in [-0.1, -0.05) is 0 Å². The Labute approximate surface area is 114 Å². The Kier molecular flexibility index (Phi) is 3.89. The van der Waals surface area contributed by atoms with Crippen molar-refractivity contribution in [1.29, 1.82) is 0 Å². The average molecular weight is 303 g/mol. The first kappa shape index (κ1) is 14.3. The monoisotopic (exact) mass is 303 g/mol. The maximum atomic E-state index is 12.0. The van der Waals surface area contributed by atoms with E-state index in [9.17, 15) is 22.8 Å². The highest BCUT2D eigenvalue weighted by Gasteiger charge is 2.39. The number of carbonyl (C=O) groups excluding carboxylic acids is 2. The van der Waals surface area contributed by atoms with Crippen molar-refractivity contribution in [1.82, 2.24) is 10.2 Å². The average Bonchev–Trinajstić information content (AvgIpc) is 2.96. The number of alkyl halides is 3. The number of ketones is 1. The zero-order valence-electron chi connectivity index (χ0n) is 9.82. The molecule has 0 bridgehead atoms. The number of carbonyl (C=O) groups is 2. The van der Waals surface area contributed by atoms with Crippen molar-refractivity contribution in [3.63, 3.8) is 0 Å². The molecule has 5 nitrogen and oxygen atoms in total. The summed E-state index contributed by atoms with van der Waals surface area (Å²) in [7, 11) is 0. The molecule has 0 saturated carbocycles. The van der Waals surface area contributed by atoms with E-state index in [1.807, 2.05) is 10.8 Å². The standard InChI is InChI=1S/C11H8F3N3O2S/c12-11(13,14)8(18)4-10(19)15-9-3-7(16-17-9)6-1-2-20-5-6/h1-3,5H,4H2,(H2,15,16,17,19). The summed E-state index contributed by atoms with van der Waals surface area (Å²) in [6, 6.07) is 3.28. The van der Waals surface area contributed by atoms with Gasteiger partial charge in [-0.3, -0.25) is 14.7 Å². The quantitative estimate of drug-likeness (QED) is 0.853. The molecule has 2 N–H and O–H groups in total. The summed E-state index contributed by atoms with van der Waals surface area (Å²) in [4.78, 5) is 21.9. The number of anilines is 1. The van der Waals surface area contributed by atoms with Crippen molar-refractivity contribution >= 4 is 28.8 Å². The van der Waals surface area contributed by atoms with Crippen LogP contribution in [0.2, 0.25) is 0 Å². The SMILES string of the molecule is O=C(CC(=O)C(F)(F)F)Nc1cc(-c2ccsc2)n[nH]1. The lowest BCUT2D eigenvalue weighted by atomic mass is 10.2. The first-order valence-electron chi connectivity index (χ1n) is 5.34. The Balaban J connectivity index is 1.97. The van der Waals surface area contributed by atoms with Crippen LogP contribution in [0.5, 0.6) is 0 Å². The van der Waals surface area contributed by atoms with Gasteiger partial charge in [-0.15, -0.1) is 0 Å². The van der Waals surface area contributed by atoms with E-state index in [1.54, 1.807) is 6.07 Å². The number of halogens is 3. The number of hydrogen-bond acceptors (Lipinski definition) is 4. The van der Waals surface area contributed by atoms with E-state index in [2.05, 4.69) is 15.5 Å². The third-order valence-corrected chi connectivity index (χ3v) is 2.99. The first-order chi connectivity index (χ1) is 9.36. The molecule has 20 heavy (non-hydrogen) atoms. The summed E-state index contributed by atoms with van der Waals surface area (Å²) < 4.78 is 36.0. The fraction of sp³-hybridized carbons (Fsp3) is 0.182. The van der Waals surface area contributed by atoms with Crippen LogP contribution in [0.4, 0.5) is 19.0 Å². The molecular formula is C11H8F3N3O2S. The summed E-state index contributed by atoms with van der Waals surface area (Å²) in [5.41, 5.74) is 1.36. The van der Waals surface area contributed by atoms with Crippen molar-refractivity contribution in [3.05, 3.63) is 22.9 Å². The lowest BCUT2D eigenvalue weighted by Crippen LogP contribution is -2.27.